The van der Waals surface area contributed by atoms with Gasteiger partial charge in [0.1, 0.15) is 11.6 Å². The van der Waals surface area contributed by atoms with Crippen molar-refractivity contribution >= 4 is 29.6 Å². The maximum absolute atomic E-state index is 13.6. The lowest BCUT2D eigenvalue weighted by Crippen LogP contribution is -2.28. The highest BCUT2D eigenvalue weighted by atomic mass is 35.5. The molecule has 0 aliphatic heterocycles. The SMILES string of the molecule is COc1cccc(CNC(=O)COC(=O)/C=C/c2c(F)cccc2Cl)c1. The largest absolute Gasteiger partial charge is 0.497 e. The van der Waals surface area contributed by atoms with Gasteiger partial charge in [0, 0.05) is 18.2 Å². The summed E-state index contributed by atoms with van der Waals surface area (Å²) in [4.78, 5) is 23.4. The molecule has 2 aromatic rings. The molecular formula is C19H17ClFNO4. The van der Waals surface area contributed by atoms with Gasteiger partial charge in [-0.2, -0.15) is 0 Å². The second kappa shape index (κ2) is 9.58. The van der Waals surface area contributed by atoms with Crippen LogP contribution in [-0.4, -0.2) is 25.6 Å². The van der Waals surface area contributed by atoms with Crippen LogP contribution >= 0.6 is 11.6 Å². The number of hydrogen-bond donors (Lipinski definition) is 1. The van der Waals surface area contributed by atoms with Crippen LogP contribution in [0, 0.1) is 5.82 Å². The molecule has 0 unspecified atom stereocenters. The van der Waals surface area contributed by atoms with Crippen molar-refractivity contribution in [2.24, 2.45) is 0 Å². The summed E-state index contributed by atoms with van der Waals surface area (Å²) in [5.41, 5.74) is 0.923. The monoisotopic (exact) mass is 377 g/mol. The standard InChI is InChI=1S/C19H17ClFNO4/c1-25-14-5-2-4-13(10-14)11-22-18(23)12-26-19(24)9-8-15-16(20)6-3-7-17(15)21/h2-10H,11-12H2,1H3,(H,22,23)/b9-8+. The zero-order chi connectivity index (χ0) is 18.9. The Morgan fingerprint density at radius 1 is 1.23 bits per heavy atom. The Morgan fingerprint density at radius 2 is 2.00 bits per heavy atom. The van der Waals surface area contributed by atoms with Crippen molar-refractivity contribution in [1.29, 1.82) is 0 Å². The quantitative estimate of drug-likeness (QED) is 0.593. The second-order valence-corrected chi connectivity index (χ2v) is 5.61. The summed E-state index contributed by atoms with van der Waals surface area (Å²) >= 11 is 5.85. The molecule has 0 heterocycles. The fourth-order valence-corrected chi connectivity index (χ4v) is 2.27. The average Bonchev–Trinajstić information content (AvgIpc) is 2.64. The zero-order valence-corrected chi connectivity index (χ0v) is 14.8. The molecule has 0 radical (unpaired) electrons. The summed E-state index contributed by atoms with van der Waals surface area (Å²) in [6.07, 6.45) is 2.22. The third-order valence-corrected chi connectivity index (χ3v) is 3.68. The number of carbonyl (C=O) groups excluding carboxylic acids is 2. The van der Waals surface area contributed by atoms with Crippen molar-refractivity contribution in [3.8, 4) is 5.75 Å². The van der Waals surface area contributed by atoms with Gasteiger partial charge in [-0.05, 0) is 35.9 Å². The first-order chi connectivity index (χ1) is 12.5. The van der Waals surface area contributed by atoms with Crippen LogP contribution in [0.3, 0.4) is 0 Å². The molecular weight excluding hydrogens is 361 g/mol. The minimum absolute atomic E-state index is 0.0774. The van der Waals surface area contributed by atoms with Gasteiger partial charge in [0.15, 0.2) is 6.61 Å². The van der Waals surface area contributed by atoms with E-state index >= 15 is 0 Å². The average molecular weight is 378 g/mol. The molecule has 26 heavy (non-hydrogen) atoms. The van der Waals surface area contributed by atoms with Gasteiger partial charge in [-0.1, -0.05) is 29.8 Å². The number of benzene rings is 2. The van der Waals surface area contributed by atoms with Gasteiger partial charge in [-0.15, -0.1) is 0 Å². The highest BCUT2D eigenvalue weighted by Crippen LogP contribution is 2.20. The first kappa shape index (κ1) is 19.5. The number of halogens is 2. The Labute approximate surface area is 155 Å². The number of amides is 1. The third kappa shape index (κ3) is 5.89. The van der Waals surface area contributed by atoms with E-state index in [9.17, 15) is 14.0 Å². The van der Waals surface area contributed by atoms with Crippen LogP contribution in [0.25, 0.3) is 6.08 Å². The molecule has 0 saturated heterocycles. The van der Waals surface area contributed by atoms with E-state index in [-0.39, 0.29) is 17.1 Å². The predicted molar refractivity (Wildman–Crippen MR) is 96.2 cm³/mol. The summed E-state index contributed by atoms with van der Waals surface area (Å²) in [5.74, 6) is -1.11. The molecule has 0 aromatic heterocycles. The molecule has 2 aromatic carbocycles. The van der Waals surface area contributed by atoms with Gasteiger partial charge in [0.25, 0.3) is 5.91 Å². The van der Waals surface area contributed by atoms with Crippen molar-refractivity contribution in [3.05, 3.63) is 70.5 Å². The van der Waals surface area contributed by atoms with Gasteiger partial charge < -0.3 is 14.8 Å². The molecule has 0 spiro atoms. The van der Waals surface area contributed by atoms with Crippen molar-refractivity contribution in [2.75, 3.05) is 13.7 Å². The summed E-state index contributed by atoms with van der Waals surface area (Å²) in [5, 5.41) is 2.79. The van der Waals surface area contributed by atoms with Gasteiger partial charge in [0.2, 0.25) is 0 Å². The lowest BCUT2D eigenvalue weighted by molar-refractivity contribution is -0.143. The van der Waals surface area contributed by atoms with Crippen molar-refractivity contribution in [3.63, 3.8) is 0 Å². The molecule has 0 saturated carbocycles. The highest BCUT2D eigenvalue weighted by molar-refractivity contribution is 6.32. The maximum Gasteiger partial charge on any atom is 0.331 e. The molecule has 1 N–H and O–H groups in total. The van der Waals surface area contributed by atoms with Gasteiger partial charge >= 0.3 is 5.97 Å². The van der Waals surface area contributed by atoms with Crippen molar-refractivity contribution < 1.29 is 23.5 Å². The van der Waals surface area contributed by atoms with Crippen LogP contribution in [0.4, 0.5) is 4.39 Å². The second-order valence-electron chi connectivity index (χ2n) is 5.20. The molecule has 0 atom stereocenters. The topological polar surface area (TPSA) is 64.6 Å². The van der Waals surface area contributed by atoms with Crippen LogP contribution in [0.2, 0.25) is 5.02 Å². The summed E-state index contributed by atoms with van der Waals surface area (Å²) in [6, 6.07) is 11.4. The van der Waals surface area contributed by atoms with Crippen LogP contribution in [0.1, 0.15) is 11.1 Å². The summed E-state index contributed by atoms with van der Waals surface area (Å²) < 4.78 is 23.5. The summed E-state index contributed by atoms with van der Waals surface area (Å²) in [7, 11) is 1.55. The van der Waals surface area contributed by atoms with E-state index in [1.54, 1.807) is 25.3 Å². The Kier molecular flexibility index (Phi) is 7.17. The van der Waals surface area contributed by atoms with E-state index in [0.29, 0.717) is 5.75 Å². The number of hydrogen-bond acceptors (Lipinski definition) is 4. The third-order valence-electron chi connectivity index (χ3n) is 3.36. The fourth-order valence-electron chi connectivity index (χ4n) is 2.04. The number of carbonyl (C=O) groups is 2. The summed E-state index contributed by atoms with van der Waals surface area (Å²) in [6.45, 7) is -0.174. The molecule has 0 bridgehead atoms. The van der Waals surface area contributed by atoms with E-state index in [2.05, 4.69) is 5.32 Å². The van der Waals surface area contributed by atoms with E-state index < -0.39 is 24.3 Å². The highest BCUT2D eigenvalue weighted by Gasteiger charge is 2.07. The van der Waals surface area contributed by atoms with Crippen LogP contribution in [0.5, 0.6) is 5.75 Å². The molecule has 5 nitrogen and oxygen atoms in total. The van der Waals surface area contributed by atoms with Crippen LogP contribution in [0.15, 0.2) is 48.5 Å². The van der Waals surface area contributed by atoms with Gasteiger partial charge in [-0.3, -0.25) is 4.79 Å². The lowest BCUT2D eigenvalue weighted by atomic mass is 10.2. The van der Waals surface area contributed by atoms with Gasteiger partial charge in [-0.25, -0.2) is 9.18 Å². The number of ether oxygens (including phenoxy) is 2. The van der Waals surface area contributed by atoms with Gasteiger partial charge in [0.05, 0.1) is 12.1 Å². The molecule has 0 aliphatic rings. The van der Waals surface area contributed by atoms with E-state index in [1.807, 2.05) is 6.07 Å². The molecule has 2 rings (SSSR count). The smallest absolute Gasteiger partial charge is 0.331 e. The predicted octanol–water partition coefficient (Wildman–Crippen LogP) is 3.36. The molecule has 136 valence electrons. The van der Waals surface area contributed by atoms with Crippen LogP contribution < -0.4 is 10.1 Å². The number of esters is 1. The molecule has 7 heteroatoms. The normalized spacial score (nSPS) is 10.6. The number of methoxy groups -OCH3 is 1. The zero-order valence-electron chi connectivity index (χ0n) is 14.0. The Balaban J connectivity index is 1.79. The van der Waals surface area contributed by atoms with E-state index in [1.165, 1.54) is 24.3 Å². The minimum Gasteiger partial charge on any atom is -0.497 e. The Hall–Kier alpha value is -2.86. The minimum atomic E-state index is -0.777. The Morgan fingerprint density at radius 3 is 2.73 bits per heavy atom. The fraction of sp³-hybridized carbons (Fsp3) is 0.158. The van der Waals surface area contributed by atoms with Crippen molar-refractivity contribution in [2.45, 2.75) is 6.54 Å². The lowest BCUT2D eigenvalue weighted by Gasteiger charge is -2.07. The molecule has 1 amide bonds. The first-order valence-electron chi connectivity index (χ1n) is 7.68. The number of rotatable bonds is 7. The van der Waals surface area contributed by atoms with Crippen LogP contribution in [-0.2, 0) is 20.9 Å². The van der Waals surface area contributed by atoms with E-state index in [0.717, 1.165) is 11.6 Å². The Bertz CT molecular complexity index is 803. The maximum atomic E-state index is 13.6. The first-order valence-corrected chi connectivity index (χ1v) is 8.06. The molecule has 0 fully saturated rings. The van der Waals surface area contributed by atoms with Crippen molar-refractivity contribution in [1.82, 2.24) is 5.32 Å². The molecule has 0 aliphatic carbocycles. The number of nitrogens with one attached hydrogen (secondary N) is 1. The van der Waals surface area contributed by atoms with E-state index in [4.69, 9.17) is 21.1 Å².